The van der Waals surface area contributed by atoms with Crippen LogP contribution in [0.1, 0.15) is 39.5 Å². The van der Waals surface area contributed by atoms with Crippen LogP contribution in [0.25, 0.3) is 10.9 Å². The van der Waals surface area contributed by atoms with Gasteiger partial charge in [-0.2, -0.15) is 5.10 Å². The quantitative estimate of drug-likeness (QED) is 0.419. The molecule has 5 N–H and O–H groups in total. The van der Waals surface area contributed by atoms with E-state index in [0.717, 1.165) is 16.6 Å². The van der Waals surface area contributed by atoms with Gasteiger partial charge in [0.05, 0.1) is 11.6 Å². The molecule has 2 heterocycles. The Hall–Kier alpha value is -3.01. The van der Waals surface area contributed by atoms with Gasteiger partial charge in [-0.15, -0.1) is 11.8 Å². The van der Waals surface area contributed by atoms with Gasteiger partial charge in [-0.05, 0) is 41.8 Å². The third-order valence-corrected chi connectivity index (χ3v) is 6.76. The first-order chi connectivity index (χ1) is 15.4. The number of carbonyl (C=O) groups is 2. The Morgan fingerprint density at radius 3 is 2.75 bits per heavy atom. The average molecular weight is 472 g/mol. The van der Waals surface area contributed by atoms with E-state index in [9.17, 15) is 14.7 Å². The topological polar surface area (TPSA) is 124 Å². The number of aliphatic hydroxyl groups excluding tert-OH is 1. The average Bonchev–Trinajstić information content (AvgIpc) is 3.41. The molecule has 1 aliphatic rings. The van der Waals surface area contributed by atoms with Gasteiger partial charge >= 0.3 is 0 Å². The SMILES string of the molecule is CNC(=O)c1n[nH]c2cc([C@H]3SC=C(C(N)=O)N3CCC(O)c3ccc(Cl)cc3)ccc12. The summed E-state index contributed by atoms with van der Waals surface area (Å²) in [6, 6.07) is 12.7. The highest BCUT2D eigenvalue weighted by Gasteiger charge is 2.31. The number of nitrogens with two attached hydrogens (primary N) is 1. The van der Waals surface area contributed by atoms with Crippen molar-refractivity contribution in [2.75, 3.05) is 13.6 Å². The molecule has 3 aromatic rings. The fraction of sp³-hybridized carbons (Fsp3) is 0.227. The first kappa shape index (κ1) is 22.2. The van der Waals surface area contributed by atoms with Crippen molar-refractivity contribution < 1.29 is 14.7 Å². The Morgan fingerprint density at radius 2 is 2.06 bits per heavy atom. The van der Waals surface area contributed by atoms with Crippen molar-refractivity contribution in [3.05, 3.63) is 75.4 Å². The zero-order valence-corrected chi connectivity index (χ0v) is 18.8. The summed E-state index contributed by atoms with van der Waals surface area (Å²) in [4.78, 5) is 25.9. The Bertz CT molecular complexity index is 1190. The molecular weight excluding hydrogens is 450 g/mol. The number of primary amides is 1. The van der Waals surface area contributed by atoms with E-state index in [1.807, 2.05) is 23.1 Å². The summed E-state index contributed by atoms with van der Waals surface area (Å²) in [5.41, 5.74) is 8.72. The van der Waals surface area contributed by atoms with E-state index in [1.165, 1.54) is 11.8 Å². The molecule has 8 nitrogen and oxygen atoms in total. The van der Waals surface area contributed by atoms with Crippen LogP contribution in [0.2, 0.25) is 5.02 Å². The van der Waals surface area contributed by atoms with Gasteiger partial charge in [-0.25, -0.2) is 0 Å². The van der Waals surface area contributed by atoms with Crippen LogP contribution in [0.5, 0.6) is 0 Å². The predicted octanol–water partition coefficient (Wildman–Crippen LogP) is 3.07. The number of aromatic amines is 1. The molecule has 4 rings (SSSR count). The molecule has 0 radical (unpaired) electrons. The van der Waals surface area contributed by atoms with Gasteiger partial charge in [0.1, 0.15) is 11.1 Å². The molecule has 2 atom stereocenters. The molecule has 0 saturated carbocycles. The van der Waals surface area contributed by atoms with Gasteiger partial charge in [0.15, 0.2) is 5.69 Å². The number of H-pyrrole nitrogens is 1. The second-order valence-electron chi connectivity index (χ2n) is 7.36. The molecule has 0 bridgehead atoms. The lowest BCUT2D eigenvalue weighted by atomic mass is 10.1. The van der Waals surface area contributed by atoms with Crippen molar-refractivity contribution in [3.63, 3.8) is 0 Å². The molecule has 32 heavy (non-hydrogen) atoms. The number of thioether (sulfide) groups is 1. The maximum atomic E-state index is 12.0. The summed E-state index contributed by atoms with van der Waals surface area (Å²) in [6.45, 7) is 0.417. The maximum absolute atomic E-state index is 12.0. The number of carbonyl (C=O) groups excluding carboxylic acids is 2. The number of aliphatic hydroxyl groups is 1. The number of nitrogens with one attached hydrogen (secondary N) is 2. The lowest BCUT2D eigenvalue weighted by Gasteiger charge is -2.29. The molecular formula is C22H22ClN5O3S. The zero-order chi connectivity index (χ0) is 22.8. The minimum absolute atomic E-state index is 0.203. The molecule has 0 fully saturated rings. The van der Waals surface area contributed by atoms with Crippen LogP contribution in [0.15, 0.2) is 53.6 Å². The Kier molecular flexibility index (Phi) is 6.40. The fourth-order valence-electron chi connectivity index (χ4n) is 3.69. The van der Waals surface area contributed by atoms with Crippen LogP contribution in [0, 0.1) is 0 Å². The highest BCUT2D eigenvalue weighted by atomic mass is 35.5. The van der Waals surface area contributed by atoms with Crippen molar-refractivity contribution in [2.24, 2.45) is 5.73 Å². The number of aromatic nitrogens is 2. The minimum atomic E-state index is -0.710. The standard InChI is InChI=1S/C22H22ClN5O3S/c1-25-21(31)19-15-7-4-13(10-16(15)26-27-19)22-28(17(11-32-22)20(24)30)9-8-18(29)12-2-5-14(23)6-3-12/h2-7,10-11,18,22,29H,8-9H2,1H3,(H2,24,30)(H,25,31)(H,26,27)/t18?,22-/m1/s1. The number of nitrogens with zero attached hydrogens (tertiary/aromatic N) is 2. The predicted molar refractivity (Wildman–Crippen MR) is 125 cm³/mol. The summed E-state index contributed by atoms with van der Waals surface area (Å²) in [7, 11) is 1.56. The first-order valence-electron chi connectivity index (χ1n) is 9.94. The van der Waals surface area contributed by atoms with Crippen molar-refractivity contribution in [3.8, 4) is 0 Å². The van der Waals surface area contributed by atoms with Crippen LogP contribution in [-0.4, -0.2) is 45.6 Å². The lowest BCUT2D eigenvalue weighted by Crippen LogP contribution is -2.31. The second kappa shape index (κ2) is 9.23. The Morgan fingerprint density at radius 1 is 1.31 bits per heavy atom. The molecule has 0 spiro atoms. The Balaban J connectivity index is 1.56. The minimum Gasteiger partial charge on any atom is -0.388 e. The molecule has 10 heteroatoms. The highest BCUT2D eigenvalue weighted by Crippen LogP contribution is 2.43. The third kappa shape index (κ3) is 4.32. The molecule has 1 aliphatic heterocycles. The monoisotopic (exact) mass is 471 g/mol. The van der Waals surface area contributed by atoms with Crippen LogP contribution in [0.4, 0.5) is 0 Å². The summed E-state index contributed by atoms with van der Waals surface area (Å²) < 4.78 is 0. The van der Waals surface area contributed by atoms with Crippen molar-refractivity contribution in [1.82, 2.24) is 20.4 Å². The number of hydrogen-bond acceptors (Lipinski definition) is 6. The lowest BCUT2D eigenvalue weighted by molar-refractivity contribution is -0.116. The number of benzene rings is 2. The molecule has 2 aromatic carbocycles. The number of fused-ring (bicyclic) bond motifs is 1. The second-order valence-corrected chi connectivity index (χ2v) is 8.75. The van der Waals surface area contributed by atoms with Crippen molar-refractivity contribution in [1.29, 1.82) is 0 Å². The van der Waals surface area contributed by atoms with Crippen LogP contribution >= 0.6 is 23.4 Å². The van der Waals surface area contributed by atoms with Gasteiger partial charge in [0.25, 0.3) is 11.8 Å². The third-order valence-electron chi connectivity index (χ3n) is 5.37. The smallest absolute Gasteiger partial charge is 0.272 e. The number of rotatable bonds is 7. The summed E-state index contributed by atoms with van der Waals surface area (Å²) in [5.74, 6) is -0.791. The van der Waals surface area contributed by atoms with Crippen LogP contribution in [-0.2, 0) is 4.79 Å². The van der Waals surface area contributed by atoms with E-state index in [4.69, 9.17) is 17.3 Å². The van der Waals surface area contributed by atoms with E-state index in [2.05, 4.69) is 15.5 Å². The van der Waals surface area contributed by atoms with Crippen LogP contribution in [0.3, 0.4) is 0 Å². The largest absolute Gasteiger partial charge is 0.388 e. The maximum Gasteiger partial charge on any atom is 0.272 e. The first-order valence-corrected chi connectivity index (χ1v) is 11.3. The molecule has 1 aromatic heterocycles. The van der Waals surface area contributed by atoms with Crippen molar-refractivity contribution in [2.45, 2.75) is 17.9 Å². The zero-order valence-electron chi connectivity index (χ0n) is 17.2. The van der Waals surface area contributed by atoms with Gasteiger partial charge in [-0.3, -0.25) is 14.7 Å². The van der Waals surface area contributed by atoms with Gasteiger partial charge in [-0.1, -0.05) is 29.8 Å². The Labute approximate surface area is 193 Å². The summed E-state index contributed by atoms with van der Waals surface area (Å²) in [5, 5.41) is 23.0. The van der Waals surface area contributed by atoms with Gasteiger partial charge < -0.3 is 21.1 Å². The van der Waals surface area contributed by atoms with Gasteiger partial charge in [0, 0.05) is 29.4 Å². The molecule has 2 amide bonds. The molecule has 166 valence electrons. The number of halogens is 1. The van der Waals surface area contributed by atoms with Crippen molar-refractivity contribution >= 4 is 46.1 Å². The molecule has 1 unspecified atom stereocenters. The van der Waals surface area contributed by atoms with E-state index >= 15 is 0 Å². The number of amides is 2. The van der Waals surface area contributed by atoms with E-state index in [0.29, 0.717) is 34.8 Å². The van der Waals surface area contributed by atoms with E-state index in [-0.39, 0.29) is 11.3 Å². The summed E-state index contributed by atoms with van der Waals surface area (Å²) in [6.07, 6.45) is -0.311. The normalized spacial score (nSPS) is 16.8. The van der Waals surface area contributed by atoms with Crippen LogP contribution < -0.4 is 11.1 Å². The highest BCUT2D eigenvalue weighted by molar-refractivity contribution is 8.02. The number of hydrogen-bond donors (Lipinski definition) is 4. The molecule has 0 saturated heterocycles. The fourth-order valence-corrected chi connectivity index (χ4v) is 4.99. The van der Waals surface area contributed by atoms with E-state index < -0.39 is 12.0 Å². The molecule has 0 aliphatic carbocycles. The van der Waals surface area contributed by atoms with E-state index in [1.54, 1.807) is 36.7 Å². The summed E-state index contributed by atoms with van der Waals surface area (Å²) >= 11 is 7.39. The van der Waals surface area contributed by atoms with Gasteiger partial charge in [0.2, 0.25) is 0 Å².